The van der Waals surface area contributed by atoms with Gasteiger partial charge in [-0.05, 0) is 57.9 Å². The summed E-state index contributed by atoms with van der Waals surface area (Å²) in [5.41, 5.74) is 22.2. The van der Waals surface area contributed by atoms with E-state index >= 15 is 0 Å². The Hall–Kier alpha value is -2.40. The largest absolute Gasteiger partial charge is 0.370 e. The van der Waals surface area contributed by atoms with Gasteiger partial charge < -0.3 is 38.1 Å². The van der Waals surface area contributed by atoms with E-state index in [2.05, 4.69) is 10.3 Å². The van der Waals surface area contributed by atoms with Crippen molar-refractivity contribution in [1.82, 2.24) is 15.1 Å². The predicted octanol–water partition coefficient (Wildman–Crippen LogP) is -1.41. The number of aliphatic imine (C=N–C) groups is 1. The minimum atomic E-state index is -0.619. The van der Waals surface area contributed by atoms with Crippen molar-refractivity contribution in [2.75, 3.05) is 32.7 Å². The highest BCUT2D eigenvalue weighted by molar-refractivity contribution is 5.93. The van der Waals surface area contributed by atoms with Crippen LogP contribution in [0.15, 0.2) is 4.99 Å². The topological polar surface area (TPSA) is 186 Å². The third kappa shape index (κ3) is 7.33. The summed E-state index contributed by atoms with van der Waals surface area (Å²) < 4.78 is 0. The summed E-state index contributed by atoms with van der Waals surface area (Å²) in [5.74, 6) is -0.411. The van der Waals surface area contributed by atoms with Crippen LogP contribution >= 0.6 is 0 Å². The first kappa shape index (κ1) is 25.9. The highest BCUT2D eigenvalue weighted by Crippen LogP contribution is 2.25. The maximum Gasteiger partial charge on any atom is 0.246 e. The van der Waals surface area contributed by atoms with Crippen LogP contribution in [0.3, 0.4) is 0 Å². The van der Waals surface area contributed by atoms with Crippen molar-refractivity contribution in [3.05, 3.63) is 0 Å². The lowest BCUT2D eigenvalue weighted by molar-refractivity contribution is -0.147. The average Bonchev–Trinajstić information content (AvgIpc) is 3.44. The van der Waals surface area contributed by atoms with Gasteiger partial charge in [0.25, 0.3) is 0 Å². The number of amides is 3. The van der Waals surface area contributed by atoms with Crippen LogP contribution in [0, 0.1) is 0 Å². The fraction of sp³-hybridized carbons (Fsp3) is 0.810. The summed E-state index contributed by atoms with van der Waals surface area (Å²) in [6.45, 7) is 2.65. The summed E-state index contributed by atoms with van der Waals surface area (Å²) in [6, 6.07) is -1.64. The normalized spacial score (nSPS) is 21.4. The molecule has 9 N–H and O–H groups in total. The molecule has 3 amide bonds. The van der Waals surface area contributed by atoms with Gasteiger partial charge in [0, 0.05) is 26.2 Å². The summed E-state index contributed by atoms with van der Waals surface area (Å²) in [6.07, 6.45) is 6.45. The van der Waals surface area contributed by atoms with Gasteiger partial charge in [-0.15, -0.1) is 0 Å². The maximum absolute atomic E-state index is 13.3. The zero-order valence-corrected chi connectivity index (χ0v) is 19.0. The molecule has 0 aliphatic carbocycles. The molecule has 2 rings (SSSR count). The van der Waals surface area contributed by atoms with Gasteiger partial charge in [0.2, 0.25) is 17.7 Å². The second-order valence-corrected chi connectivity index (χ2v) is 8.57. The number of carbonyl (C=O) groups is 3. The number of nitrogens with two attached hydrogens (primary N) is 4. The molecule has 0 aromatic carbocycles. The van der Waals surface area contributed by atoms with E-state index in [9.17, 15) is 14.4 Å². The van der Waals surface area contributed by atoms with Crippen molar-refractivity contribution in [2.24, 2.45) is 27.9 Å². The summed E-state index contributed by atoms with van der Waals surface area (Å²) in [4.78, 5) is 46.0. The Morgan fingerprint density at radius 1 is 0.969 bits per heavy atom. The number of hydrogen-bond donors (Lipinski definition) is 5. The molecule has 11 heteroatoms. The zero-order chi connectivity index (χ0) is 23.5. The number of carbonyl (C=O) groups excluding carboxylic acids is 3. The number of guanidine groups is 1. The number of nitrogens with one attached hydrogen (secondary N) is 1. The minimum absolute atomic E-state index is 0.0603. The molecule has 182 valence electrons. The van der Waals surface area contributed by atoms with Crippen LogP contribution in [-0.4, -0.2) is 84.3 Å². The molecule has 32 heavy (non-hydrogen) atoms. The Morgan fingerprint density at radius 3 is 2.34 bits per heavy atom. The lowest BCUT2D eigenvalue weighted by atomic mass is 10.1. The minimum Gasteiger partial charge on any atom is -0.370 e. The van der Waals surface area contributed by atoms with Gasteiger partial charge in [0.15, 0.2) is 5.96 Å². The van der Waals surface area contributed by atoms with E-state index in [0.717, 1.165) is 38.5 Å². The van der Waals surface area contributed by atoms with Gasteiger partial charge in [-0.1, -0.05) is 6.42 Å². The first-order valence-corrected chi connectivity index (χ1v) is 11.8. The molecule has 0 aromatic heterocycles. The van der Waals surface area contributed by atoms with Gasteiger partial charge >= 0.3 is 0 Å². The monoisotopic (exact) mass is 452 g/mol. The van der Waals surface area contributed by atoms with Crippen molar-refractivity contribution in [1.29, 1.82) is 0 Å². The first-order valence-electron chi connectivity index (χ1n) is 11.8. The fourth-order valence-electron chi connectivity index (χ4n) is 4.40. The molecule has 0 bridgehead atoms. The smallest absolute Gasteiger partial charge is 0.246 e. The zero-order valence-electron chi connectivity index (χ0n) is 19.0. The lowest BCUT2D eigenvalue weighted by Gasteiger charge is -2.32. The average molecular weight is 453 g/mol. The summed E-state index contributed by atoms with van der Waals surface area (Å²) in [7, 11) is 0. The van der Waals surface area contributed by atoms with Crippen LogP contribution in [0.2, 0.25) is 0 Å². The van der Waals surface area contributed by atoms with Crippen molar-refractivity contribution in [2.45, 2.75) is 75.9 Å². The molecule has 11 nitrogen and oxygen atoms in total. The van der Waals surface area contributed by atoms with Crippen molar-refractivity contribution in [3.63, 3.8) is 0 Å². The molecule has 2 fully saturated rings. The van der Waals surface area contributed by atoms with Gasteiger partial charge in [-0.3, -0.25) is 19.4 Å². The SMILES string of the molecule is NCCCC[C@H](N)C(=O)N1CCC[C@H]1C(=O)N1CCC[C@H]1C(=O)NCCCCN=C(N)N. The molecule has 0 aromatic rings. The lowest BCUT2D eigenvalue weighted by Crippen LogP contribution is -2.55. The van der Waals surface area contributed by atoms with E-state index in [4.69, 9.17) is 22.9 Å². The standard InChI is InChI=1S/C21H40N8O3/c22-10-2-1-7-15(23)19(31)29-14-6-9-17(29)20(32)28-13-5-8-16(28)18(30)26-11-3-4-12-27-21(24)25/h15-17H,1-14,22-23H2,(H,26,30)(H4,24,25,27)/t15-,16-,17-/m0/s1. The molecule has 0 unspecified atom stereocenters. The van der Waals surface area contributed by atoms with E-state index in [-0.39, 0.29) is 23.7 Å². The number of rotatable bonds is 12. The van der Waals surface area contributed by atoms with Crippen molar-refractivity contribution < 1.29 is 14.4 Å². The van der Waals surface area contributed by atoms with Crippen LogP contribution in [-0.2, 0) is 14.4 Å². The molecule has 0 spiro atoms. The van der Waals surface area contributed by atoms with E-state index in [0.29, 0.717) is 52.0 Å². The van der Waals surface area contributed by atoms with Gasteiger partial charge in [-0.25, -0.2) is 0 Å². The predicted molar refractivity (Wildman–Crippen MR) is 123 cm³/mol. The number of unbranched alkanes of at least 4 members (excludes halogenated alkanes) is 2. The summed E-state index contributed by atoms with van der Waals surface area (Å²) >= 11 is 0. The Kier molecular flexibility index (Phi) is 10.7. The van der Waals surface area contributed by atoms with Crippen LogP contribution in [0.5, 0.6) is 0 Å². The third-order valence-electron chi connectivity index (χ3n) is 6.12. The Labute approximate surface area is 190 Å². The van der Waals surface area contributed by atoms with Gasteiger partial charge in [0.05, 0.1) is 6.04 Å². The Balaban J connectivity index is 1.87. The van der Waals surface area contributed by atoms with E-state index in [1.54, 1.807) is 9.80 Å². The van der Waals surface area contributed by atoms with Crippen molar-refractivity contribution >= 4 is 23.7 Å². The second-order valence-electron chi connectivity index (χ2n) is 8.57. The molecule has 0 saturated carbocycles. The molecule has 2 saturated heterocycles. The summed E-state index contributed by atoms with van der Waals surface area (Å²) in [5, 5.41) is 2.91. The van der Waals surface area contributed by atoms with Crippen LogP contribution in [0.1, 0.15) is 57.8 Å². The van der Waals surface area contributed by atoms with E-state index in [1.807, 2.05) is 0 Å². The quantitative estimate of drug-likeness (QED) is 0.137. The van der Waals surface area contributed by atoms with Crippen LogP contribution in [0.25, 0.3) is 0 Å². The Bertz CT molecular complexity index is 667. The first-order chi connectivity index (χ1) is 15.4. The second kappa shape index (κ2) is 13.2. The number of hydrogen-bond acceptors (Lipinski definition) is 6. The highest BCUT2D eigenvalue weighted by Gasteiger charge is 2.42. The van der Waals surface area contributed by atoms with Crippen molar-refractivity contribution in [3.8, 4) is 0 Å². The molecule has 2 aliphatic rings. The van der Waals surface area contributed by atoms with E-state index in [1.165, 1.54) is 0 Å². The molecule has 3 atom stereocenters. The molecular weight excluding hydrogens is 412 g/mol. The molecular formula is C21H40N8O3. The molecule has 2 heterocycles. The molecule has 0 radical (unpaired) electrons. The van der Waals surface area contributed by atoms with E-state index < -0.39 is 18.1 Å². The molecule has 2 aliphatic heterocycles. The number of nitrogens with zero attached hydrogens (tertiary/aromatic N) is 3. The van der Waals surface area contributed by atoms with Gasteiger partial charge in [-0.2, -0.15) is 0 Å². The maximum atomic E-state index is 13.3. The van der Waals surface area contributed by atoms with Crippen LogP contribution in [0.4, 0.5) is 0 Å². The third-order valence-corrected chi connectivity index (χ3v) is 6.12. The number of likely N-dealkylation sites (tertiary alicyclic amines) is 2. The highest BCUT2D eigenvalue weighted by atomic mass is 16.2. The van der Waals surface area contributed by atoms with Crippen LogP contribution < -0.4 is 28.3 Å². The fourth-order valence-corrected chi connectivity index (χ4v) is 4.40. The Morgan fingerprint density at radius 2 is 1.66 bits per heavy atom. The van der Waals surface area contributed by atoms with Gasteiger partial charge in [0.1, 0.15) is 12.1 Å².